The van der Waals surface area contributed by atoms with Crippen molar-refractivity contribution < 1.29 is 30.9 Å². The summed E-state index contributed by atoms with van der Waals surface area (Å²) in [5.74, 6) is 0.169. The van der Waals surface area contributed by atoms with Crippen LogP contribution < -0.4 is 4.18 Å². The Morgan fingerprint density at radius 3 is 1.63 bits per heavy atom. The smallest absolute Gasteiger partial charge is 0.507 e. The van der Waals surface area contributed by atoms with Gasteiger partial charge in [-0.2, -0.15) is 21.6 Å². The summed E-state index contributed by atoms with van der Waals surface area (Å²) >= 11 is 0. The first-order valence-electron chi connectivity index (χ1n) is 8.02. The summed E-state index contributed by atoms with van der Waals surface area (Å²) in [6, 6.07) is 7.13. The third-order valence-corrected chi connectivity index (χ3v) is 5.21. The van der Waals surface area contributed by atoms with Crippen molar-refractivity contribution in [3.05, 3.63) is 57.6 Å². The fraction of sp³-hybridized carbons (Fsp3) is 0.368. The molecule has 0 aliphatic rings. The van der Waals surface area contributed by atoms with Gasteiger partial charge in [0.25, 0.3) is 0 Å². The Morgan fingerprint density at radius 2 is 1.19 bits per heavy atom. The summed E-state index contributed by atoms with van der Waals surface area (Å²) in [7, 11) is -5.61. The van der Waals surface area contributed by atoms with Crippen molar-refractivity contribution >= 4 is 10.1 Å². The van der Waals surface area contributed by atoms with E-state index in [9.17, 15) is 26.7 Å². The monoisotopic (exact) mass is 404 g/mol. The second kappa shape index (κ2) is 8.21. The Labute approximate surface area is 157 Å². The zero-order valence-corrected chi connectivity index (χ0v) is 16.8. The first kappa shape index (κ1) is 22.8. The molecule has 0 fully saturated rings. The van der Waals surface area contributed by atoms with Crippen LogP contribution in [-0.4, -0.2) is 19.0 Å². The largest absolute Gasteiger partial charge is 0.534 e. The minimum absolute atomic E-state index is 0.262. The van der Waals surface area contributed by atoms with E-state index in [0.29, 0.717) is 22.4 Å². The second-order valence-electron chi connectivity index (χ2n) is 6.31. The highest BCUT2D eigenvalue weighted by Gasteiger charge is 2.48. The number of aromatic hydroxyl groups is 1. The van der Waals surface area contributed by atoms with E-state index in [1.807, 2.05) is 32.9 Å². The van der Waals surface area contributed by atoms with Gasteiger partial charge in [-0.1, -0.05) is 24.3 Å². The van der Waals surface area contributed by atoms with Crippen LogP contribution in [0.25, 0.3) is 0 Å². The summed E-state index contributed by atoms with van der Waals surface area (Å²) in [6.07, 6.45) is 0. The summed E-state index contributed by atoms with van der Waals surface area (Å²) in [5.41, 5.74) is -0.983. The maximum atomic E-state index is 12.2. The van der Waals surface area contributed by atoms with E-state index in [4.69, 9.17) is 0 Å². The number of benzene rings is 2. The third-order valence-electron chi connectivity index (χ3n) is 4.25. The van der Waals surface area contributed by atoms with Gasteiger partial charge in [0.05, 0.1) is 0 Å². The minimum Gasteiger partial charge on any atom is -0.507 e. The topological polar surface area (TPSA) is 63.6 Å². The van der Waals surface area contributed by atoms with Crippen LogP contribution in [0.4, 0.5) is 13.2 Å². The van der Waals surface area contributed by atoms with Crippen molar-refractivity contribution in [2.24, 2.45) is 0 Å². The average Bonchev–Trinajstić information content (AvgIpc) is 2.56. The number of aryl methyl sites for hydroxylation is 4. The van der Waals surface area contributed by atoms with Gasteiger partial charge in [-0.3, -0.25) is 0 Å². The maximum Gasteiger partial charge on any atom is 0.534 e. The zero-order chi connectivity index (χ0) is 21.2. The Kier molecular flexibility index (Phi) is 6.94. The molecular formula is C19H23F3O4S. The number of hydrogen-bond donors (Lipinski definition) is 1. The Morgan fingerprint density at radius 1 is 0.778 bits per heavy atom. The average molecular weight is 404 g/mol. The highest BCUT2D eigenvalue weighted by atomic mass is 32.2. The van der Waals surface area contributed by atoms with Crippen LogP contribution in [0, 0.1) is 41.5 Å². The van der Waals surface area contributed by atoms with Crippen LogP contribution >= 0.6 is 0 Å². The van der Waals surface area contributed by atoms with Gasteiger partial charge in [-0.05, 0) is 74.9 Å². The van der Waals surface area contributed by atoms with E-state index in [0.717, 1.165) is 16.7 Å². The molecule has 27 heavy (non-hydrogen) atoms. The van der Waals surface area contributed by atoms with Crippen molar-refractivity contribution in [3.8, 4) is 11.5 Å². The fourth-order valence-corrected chi connectivity index (χ4v) is 2.72. The molecule has 150 valence electrons. The Hall–Kier alpha value is -2.22. The summed E-state index contributed by atoms with van der Waals surface area (Å²) in [5, 5.41) is 9.39. The second-order valence-corrected chi connectivity index (χ2v) is 7.85. The lowest BCUT2D eigenvalue weighted by Crippen LogP contribution is -2.28. The molecule has 2 aromatic rings. The molecule has 0 saturated carbocycles. The van der Waals surface area contributed by atoms with E-state index < -0.39 is 15.6 Å². The van der Waals surface area contributed by atoms with Crippen LogP contribution in [-0.2, 0) is 10.1 Å². The van der Waals surface area contributed by atoms with E-state index in [1.165, 1.54) is 19.9 Å². The molecule has 0 atom stereocenters. The summed E-state index contributed by atoms with van der Waals surface area (Å²) < 4.78 is 62.4. The quantitative estimate of drug-likeness (QED) is 0.555. The maximum absolute atomic E-state index is 12.2. The first-order chi connectivity index (χ1) is 12.2. The number of hydrogen-bond acceptors (Lipinski definition) is 4. The van der Waals surface area contributed by atoms with Gasteiger partial charge < -0.3 is 9.29 Å². The van der Waals surface area contributed by atoms with Gasteiger partial charge >= 0.3 is 15.6 Å². The SMILES string of the molecule is Cc1ccc(C)c(O)c1C.Cc1ccc(C)c(OS(=O)(=O)C(F)(F)F)c1C. The highest BCUT2D eigenvalue weighted by Crippen LogP contribution is 2.32. The molecule has 1 N–H and O–H groups in total. The van der Waals surface area contributed by atoms with Crippen molar-refractivity contribution in [2.75, 3.05) is 0 Å². The predicted octanol–water partition coefficient (Wildman–Crippen LogP) is 5.16. The molecule has 0 spiro atoms. The molecular weight excluding hydrogens is 381 g/mol. The van der Waals surface area contributed by atoms with Gasteiger partial charge in [0.1, 0.15) is 11.5 Å². The number of phenolic OH excluding ortho intramolecular Hbond substituents is 1. The van der Waals surface area contributed by atoms with Crippen molar-refractivity contribution in [1.29, 1.82) is 0 Å². The Balaban J connectivity index is 0.000000309. The molecule has 0 unspecified atom stereocenters. The molecule has 0 amide bonds. The van der Waals surface area contributed by atoms with Crippen LogP contribution in [0.5, 0.6) is 11.5 Å². The van der Waals surface area contributed by atoms with Crippen LogP contribution in [0.3, 0.4) is 0 Å². The molecule has 2 aromatic carbocycles. The van der Waals surface area contributed by atoms with Gasteiger partial charge in [0.15, 0.2) is 0 Å². The van der Waals surface area contributed by atoms with Crippen LogP contribution in [0.1, 0.15) is 33.4 Å². The van der Waals surface area contributed by atoms with Crippen molar-refractivity contribution in [2.45, 2.75) is 47.1 Å². The molecule has 0 aliphatic heterocycles. The highest BCUT2D eigenvalue weighted by molar-refractivity contribution is 7.88. The molecule has 0 heterocycles. The first-order valence-corrected chi connectivity index (χ1v) is 9.43. The zero-order valence-electron chi connectivity index (χ0n) is 16.0. The van der Waals surface area contributed by atoms with Gasteiger partial charge in [0, 0.05) is 0 Å². The van der Waals surface area contributed by atoms with E-state index in [2.05, 4.69) is 4.18 Å². The molecule has 0 saturated heterocycles. The number of phenols is 1. The van der Waals surface area contributed by atoms with Crippen LogP contribution in [0.2, 0.25) is 0 Å². The normalized spacial score (nSPS) is 11.6. The number of halogens is 3. The summed E-state index contributed by atoms with van der Waals surface area (Å²) in [6.45, 7) is 10.5. The van der Waals surface area contributed by atoms with Gasteiger partial charge in [0.2, 0.25) is 0 Å². The van der Waals surface area contributed by atoms with Crippen LogP contribution in [0.15, 0.2) is 24.3 Å². The van der Waals surface area contributed by atoms with Crippen molar-refractivity contribution in [1.82, 2.24) is 0 Å². The molecule has 0 bridgehead atoms. The molecule has 4 nitrogen and oxygen atoms in total. The number of alkyl halides is 3. The predicted molar refractivity (Wildman–Crippen MR) is 98.6 cm³/mol. The van der Waals surface area contributed by atoms with Crippen molar-refractivity contribution in [3.63, 3.8) is 0 Å². The number of rotatable bonds is 2. The minimum atomic E-state index is -5.61. The lowest BCUT2D eigenvalue weighted by atomic mass is 10.1. The fourth-order valence-electron chi connectivity index (χ4n) is 2.15. The van der Waals surface area contributed by atoms with E-state index in [1.54, 1.807) is 13.0 Å². The standard InChI is InChI=1S/C10H11F3O3S.C9H12O/c1-6-4-5-7(2)9(8(6)3)16-17(14,15)10(11,12)13;1-6-4-5-7(2)9(10)8(6)3/h4-5H,1-3H3;4-5,10H,1-3H3. The van der Waals surface area contributed by atoms with E-state index in [-0.39, 0.29) is 5.75 Å². The van der Waals surface area contributed by atoms with Gasteiger partial charge in [-0.15, -0.1) is 0 Å². The van der Waals surface area contributed by atoms with E-state index >= 15 is 0 Å². The molecule has 0 aliphatic carbocycles. The summed E-state index contributed by atoms with van der Waals surface area (Å²) in [4.78, 5) is 0. The molecule has 0 radical (unpaired) electrons. The lowest BCUT2D eigenvalue weighted by molar-refractivity contribution is -0.0500. The van der Waals surface area contributed by atoms with Gasteiger partial charge in [-0.25, -0.2) is 0 Å². The molecule has 8 heteroatoms. The Bertz CT molecular complexity index is 906. The third kappa shape index (κ3) is 5.38. The molecule has 0 aromatic heterocycles. The lowest BCUT2D eigenvalue weighted by Gasteiger charge is -2.14. The molecule has 2 rings (SSSR count).